The Hall–Kier alpha value is -0.120. The third-order valence-corrected chi connectivity index (χ3v) is 1.77. The highest BCUT2D eigenvalue weighted by molar-refractivity contribution is 4.82. The Morgan fingerprint density at radius 3 is 2.60 bits per heavy atom. The minimum absolute atomic E-state index is 0.382. The predicted molar refractivity (Wildman–Crippen MR) is 38.8 cm³/mol. The van der Waals surface area contributed by atoms with Crippen molar-refractivity contribution >= 4 is 0 Å². The fourth-order valence-corrected chi connectivity index (χ4v) is 1.04. The van der Waals surface area contributed by atoms with E-state index < -0.39 is 0 Å². The minimum atomic E-state index is 0.382. The van der Waals surface area contributed by atoms with Gasteiger partial charge in [0.1, 0.15) is 0 Å². The molecule has 1 aliphatic carbocycles. The fourth-order valence-electron chi connectivity index (χ4n) is 1.04. The summed E-state index contributed by atoms with van der Waals surface area (Å²) >= 11 is 0. The molecular formula is C7H15NO2. The Kier molecular flexibility index (Phi) is 3.12. The van der Waals surface area contributed by atoms with Crippen molar-refractivity contribution in [3.8, 4) is 0 Å². The number of nitrogens with two attached hydrogens (primary N) is 1. The summed E-state index contributed by atoms with van der Waals surface area (Å²) in [6, 6.07) is 0.382. The summed E-state index contributed by atoms with van der Waals surface area (Å²) in [4.78, 5) is 0. The van der Waals surface area contributed by atoms with Gasteiger partial charge >= 0.3 is 0 Å². The Morgan fingerprint density at radius 1 is 1.40 bits per heavy atom. The van der Waals surface area contributed by atoms with E-state index in [4.69, 9.17) is 15.2 Å². The summed E-state index contributed by atoms with van der Waals surface area (Å²) in [6.45, 7) is 1.39. The fraction of sp³-hybridized carbons (Fsp3) is 1.00. The second-order valence-electron chi connectivity index (χ2n) is 2.72. The van der Waals surface area contributed by atoms with E-state index >= 15 is 0 Å². The van der Waals surface area contributed by atoms with Crippen LogP contribution >= 0.6 is 0 Å². The second kappa shape index (κ2) is 3.91. The Labute approximate surface area is 61.5 Å². The van der Waals surface area contributed by atoms with Gasteiger partial charge in [-0.15, -0.1) is 0 Å². The van der Waals surface area contributed by atoms with Gasteiger partial charge in [0, 0.05) is 13.2 Å². The molecule has 3 nitrogen and oxygen atoms in total. The van der Waals surface area contributed by atoms with Gasteiger partial charge < -0.3 is 15.2 Å². The van der Waals surface area contributed by atoms with Crippen LogP contribution in [0.15, 0.2) is 0 Å². The van der Waals surface area contributed by atoms with E-state index in [-0.39, 0.29) is 0 Å². The van der Waals surface area contributed by atoms with Crippen molar-refractivity contribution in [3.05, 3.63) is 0 Å². The third-order valence-electron chi connectivity index (χ3n) is 1.77. The van der Waals surface area contributed by atoms with Crippen LogP contribution in [0.5, 0.6) is 0 Å². The van der Waals surface area contributed by atoms with Crippen molar-refractivity contribution in [1.82, 2.24) is 0 Å². The first-order valence-corrected chi connectivity index (χ1v) is 3.69. The van der Waals surface area contributed by atoms with E-state index in [1.165, 1.54) is 0 Å². The molecule has 1 fully saturated rings. The van der Waals surface area contributed by atoms with Crippen LogP contribution in [-0.4, -0.2) is 32.5 Å². The van der Waals surface area contributed by atoms with Crippen LogP contribution in [0, 0.1) is 0 Å². The van der Waals surface area contributed by atoms with Crippen molar-refractivity contribution in [2.24, 2.45) is 5.73 Å². The van der Waals surface area contributed by atoms with Gasteiger partial charge in [0.15, 0.2) is 0 Å². The topological polar surface area (TPSA) is 44.5 Å². The summed E-state index contributed by atoms with van der Waals surface area (Å²) in [6.07, 6.45) is 2.44. The van der Waals surface area contributed by atoms with Crippen LogP contribution in [0.4, 0.5) is 0 Å². The van der Waals surface area contributed by atoms with Gasteiger partial charge in [-0.25, -0.2) is 0 Å². The van der Waals surface area contributed by atoms with E-state index in [0.717, 1.165) is 12.8 Å². The molecule has 1 saturated carbocycles. The van der Waals surface area contributed by atoms with Crippen molar-refractivity contribution in [3.63, 3.8) is 0 Å². The number of methoxy groups -OCH3 is 1. The van der Waals surface area contributed by atoms with Crippen LogP contribution in [0.25, 0.3) is 0 Å². The maximum absolute atomic E-state index is 5.56. The molecule has 0 aromatic carbocycles. The zero-order valence-electron chi connectivity index (χ0n) is 6.38. The molecule has 0 amide bonds. The molecule has 0 spiro atoms. The number of hydrogen-bond donors (Lipinski definition) is 1. The summed E-state index contributed by atoms with van der Waals surface area (Å²) < 4.78 is 10.2. The number of hydrogen-bond acceptors (Lipinski definition) is 3. The average molecular weight is 145 g/mol. The van der Waals surface area contributed by atoms with Crippen LogP contribution < -0.4 is 5.73 Å². The van der Waals surface area contributed by atoms with Crippen molar-refractivity contribution < 1.29 is 9.47 Å². The molecule has 3 heteroatoms. The lowest BCUT2D eigenvalue weighted by molar-refractivity contribution is -0.0292. The second-order valence-corrected chi connectivity index (χ2v) is 2.72. The summed E-state index contributed by atoms with van der Waals surface area (Å²) in [5, 5.41) is 0. The van der Waals surface area contributed by atoms with Gasteiger partial charge in [-0.05, 0) is 12.8 Å². The molecule has 1 rings (SSSR count). The monoisotopic (exact) mass is 145 g/mol. The van der Waals surface area contributed by atoms with Gasteiger partial charge in [0.25, 0.3) is 0 Å². The summed E-state index contributed by atoms with van der Waals surface area (Å²) in [5.74, 6) is 0. The molecule has 1 aliphatic rings. The molecule has 0 bridgehead atoms. The molecule has 60 valence electrons. The highest BCUT2D eigenvalue weighted by atomic mass is 16.5. The normalized spacial score (nSPS) is 31.8. The van der Waals surface area contributed by atoms with Crippen molar-refractivity contribution in [2.45, 2.75) is 25.0 Å². The number of rotatable bonds is 4. The molecular weight excluding hydrogens is 130 g/mol. The molecule has 0 heterocycles. The highest BCUT2D eigenvalue weighted by Crippen LogP contribution is 2.20. The lowest BCUT2D eigenvalue weighted by Gasteiger charge is -2.32. The third kappa shape index (κ3) is 2.25. The van der Waals surface area contributed by atoms with E-state index in [2.05, 4.69) is 0 Å². The maximum Gasteiger partial charge on any atom is 0.0704 e. The zero-order chi connectivity index (χ0) is 7.40. The first-order chi connectivity index (χ1) is 4.83. The van der Waals surface area contributed by atoms with Gasteiger partial charge in [-0.3, -0.25) is 0 Å². The smallest absolute Gasteiger partial charge is 0.0704 e. The first-order valence-electron chi connectivity index (χ1n) is 3.69. The van der Waals surface area contributed by atoms with Crippen LogP contribution in [0.3, 0.4) is 0 Å². The minimum Gasteiger partial charge on any atom is -0.382 e. The molecule has 0 unspecified atom stereocenters. The lowest BCUT2D eigenvalue weighted by Crippen LogP contribution is -2.42. The number of ether oxygens (including phenoxy) is 2. The van der Waals surface area contributed by atoms with E-state index in [0.29, 0.717) is 25.4 Å². The Bertz CT molecular complexity index is 91.6. The zero-order valence-corrected chi connectivity index (χ0v) is 6.38. The standard InChI is InChI=1S/C7H15NO2/c1-9-2-3-10-7-4-6(8)5-7/h6-7H,2-5,8H2,1H3/t6-,7-. The van der Waals surface area contributed by atoms with Gasteiger partial charge in [-0.2, -0.15) is 0 Å². The Morgan fingerprint density at radius 2 is 2.10 bits per heavy atom. The molecule has 0 saturated heterocycles. The van der Waals surface area contributed by atoms with Gasteiger partial charge in [0.2, 0.25) is 0 Å². The van der Waals surface area contributed by atoms with Crippen LogP contribution in [-0.2, 0) is 9.47 Å². The highest BCUT2D eigenvalue weighted by Gasteiger charge is 2.25. The first kappa shape index (κ1) is 7.98. The molecule has 2 N–H and O–H groups in total. The summed E-state index contributed by atoms with van der Waals surface area (Å²) in [5.41, 5.74) is 5.56. The largest absolute Gasteiger partial charge is 0.382 e. The van der Waals surface area contributed by atoms with Crippen molar-refractivity contribution in [1.29, 1.82) is 0 Å². The molecule has 0 aromatic rings. The summed E-state index contributed by atoms with van der Waals surface area (Å²) in [7, 11) is 1.68. The maximum atomic E-state index is 5.56. The average Bonchev–Trinajstić information content (AvgIpc) is 1.85. The van der Waals surface area contributed by atoms with Crippen LogP contribution in [0.2, 0.25) is 0 Å². The molecule has 0 radical (unpaired) electrons. The van der Waals surface area contributed by atoms with Crippen LogP contribution in [0.1, 0.15) is 12.8 Å². The Balaban J connectivity index is 1.86. The van der Waals surface area contributed by atoms with E-state index in [1.54, 1.807) is 7.11 Å². The van der Waals surface area contributed by atoms with Gasteiger partial charge in [-0.1, -0.05) is 0 Å². The van der Waals surface area contributed by atoms with Gasteiger partial charge in [0.05, 0.1) is 19.3 Å². The molecule has 0 atom stereocenters. The molecule has 0 aliphatic heterocycles. The van der Waals surface area contributed by atoms with Crippen molar-refractivity contribution in [2.75, 3.05) is 20.3 Å². The molecule has 10 heavy (non-hydrogen) atoms. The SMILES string of the molecule is COCCO[C@H]1C[C@H](N)C1. The quantitative estimate of drug-likeness (QED) is 0.572. The lowest BCUT2D eigenvalue weighted by atomic mass is 9.90. The molecule has 0 aromatic heterocycles. The predicted octanol–water partition coefficient (Wildman–Crippen LogP) is 0.139. The van der Waals surface area contributed by atoms with E-state index in [1.807, 2.05) is 0 Å². The van der Waals surface area contributed by atoms with E-state index in [9.17, 15) is 0 Å².